The molecule has 1 amide bonds. The fourth-order valence-electron chi connectivity index (χ4n) is 1.73. The molecule has 2 N–H and O–H groups in total. The Morgan fingerprint density at radius 1 is 1.22 bits per heavy atom. The van der Waals surface area contributed by atoms with Gasteiger partial charge in [-0.1, -0.05) is 20.8 Å². The largest absolute Gasteiger partial charge is 0.444 e. The van der Waals surface area contributed by atoms with Crippen molar-refractivity contribution in [2.24, 2.45) is 5.92 Å². The van der Waals surface area contributed by atoms with Crippen molar-refractivity contribution in [3.05, 3.63) is 0 Å². The van der Waals surface area contributed by atoms with Crippen molar-refractivity contribution >= 4 is 6.09 Å². The smallest absolute Gasteiger partial charge is 0.407 e. The summed E-state index contributed by atoms with van der Waals surface area (Å²) in [6, 6.07) is 0.562. The average molecular weight is 258 g/mol. The minimum absolute atomic E-state index is 0.335. The fraction of sp³-hybridized carbons (Fsp3) is 0.929. The van der Waals surface area contributed by atoms with E-state index in [2.05, 4.69) is 31.4 Å². The Labute approximate surface area is 112 Å². The number of hydrogen-bond acceptors (Lipinski definition) is 3. The molecule has 0 aliphatic heterocycles. The highest BCUT2D eigenvalue weighted by Gasteiger charge is 2.15. The molecule has 1 unspecified atom stereocenters. The van der Waals surface area contributed by atoms with Gasteiger partial charge in [0.15, 0.2) is 0 Å². The predicted octanol–water partition coefficient (Wildman–Crippen LogP) is 2.93. The van der Waals surface area contributed by atoms with Crippen molar-refractivity contribution in [2.75, 3.05) is 13.1 Å². The number of hydrogen-bond donors (Lipinski definition) is 2. The van der Waals surface area contributed by atoms with Gasteiger partial charge in [0.1, 0.15) is 5.60 Å². The van der Waals surface area contributed by atoms with E-state index in [-0.39, 0.29) is 6.09 Å². The van der Waals surface area contributed by atoms with Gasteiger partial charge >= 0.3 is 6.09 Å². The summed E-state index contributed by atoms with van der Waals surface area (Å²) in [7, 11) is 0. The summed E-state index contributed by atoms with van der Waals surface area (Å²) in [6.07, 6.45) is 1.72. The first-order chi connectivity index (χ1) is 8.26. The zero-order valence-electron chi connectivity index (χ0n) is 12.8. The molecule has 0 aromatic heterocycles. The molecule has 0 saturated carbocycles. The zero-order chi connectivity index (χ0) is 14.2. The molecule has 0 heterocycles. The molecule has 18 heavy (non-hydrogen) atoms. The molecule has 0 fully saturated rings. The number of alkyl carbamates (subject to hydrolysis) is 1. The molecular weight excluding hydrogens is 228 g/mol. The van der Waals surface area contributed by atoms with Crippen LogP contribution in [-0.4, -0.2) is 30.8 Å². The van der Waals surface area contributed by atoms with Crippen LogP contribution in [0.15, 0.2) is 0 Å². The van der Waals surface area contributed by atoms with Crippen LogP contribution in [0.4, 0.5) is 4.79 Å². The second-order valence-corrected chi connectivity index (χ2v) is 6.00. The van der Waals surface area contributed by atoms with E-state index >= 15 is 0 Å². The van der Waals surface area contributed by atoms with E-state index in [0.717, 1.165) is 19.4 Å². The standard InChI is InChI=1S/C14H30N2O2/c1-7-12(11(2)3)15-9-8-10-16-13(17)18-14(4,5)6/h11-12,15H,7-10H2,1-6H3,(H,16,17). The maximum atomic E-state index is 11.4. The lowest BCUT2D eigenvalue weighted by atomic mass is 10.0. The summed E-state index contributed by atoms with van der Waals surface area (Å²) < 4.78 is 5.15. The van der Waals surface area contributed by atoms with Crippen LogP contribution in [0.25, 0.3) is 0 Å². The highest BCUT2D eigenvalue weighted by atomic mass is 16.6. The maximum Gasteiger partial charge on any atom is 0.407 e. The van der Waals surface area contributed by atoms with E-state index in [4.69, 9.17) is 4.74 Å². The molecule has 0 spiro atoms. The minimum Gasteiger partial charge on any atom is -0.444 e. The van der Waals surface area contributed by atoms with Crippen molar-refractivity contribution in [3.8, 4) is 0 Å². The van der Waals surface area contributed by atoms with Crippen molar-refractivity contribution in [1.29, 1.82) is 0 Å². The van der Waals surface area contributed by atoms with E-state index in [1.165, 1.54) is 0 Å². The lowest BCUT2D eigenvalue weighted by Crippen LogP contribution is -2.37. The normalized spacial score (nSPS) is 13.5. The molecule has 4 heteroatoms. The lowest BCUT2D eigenvalue weighted by molar-refractivity contribution is 0.0527. The van der Waals surface area contributed by atoms with Gasteiger partial charge in [0.2, 0.25) is 0 Å². The van der Waals surface area contributed by atoms with E-state index in [0.29, 0.717) is 18.5 Å². The van der Waals surface area contributed by atoms with E-state index in [1.54, 1.807) is 0 Å². The first kappa shape index (κ1) is 17.2. The SMILES string of the molecule is CCC(NCCCNC(=O)OC(C)(C)C)C(C)C. The second kappa shape index (κ2) is 8.35. The minimum atomic E-state index is -0.423. The van der Waals surface area contributed by atoms with Gasteiger partial charge in [-0.3, -0.25) is 0 Å². The van der Waals surface area contributed by atoms with Crippen LogP contribution in [0.2, 0.25) is 0 Å². The van der Waals surface area contributed by atoms with Crippen LogP contribution in [0.1, 0.15) is 54.4 Å². The molecule has 0 saturated heterocycles. The molecule has 0 radical (unpaired) electrons. The molecule has 0 aromatic rings. The van der Waals surface area contributed by atoms with Gasteiger partial charge in [0.05, 0.1) is 0 Å². The van der Waals surface area contributed by atoms with Gasteiger partial charge in [-0.15, -0.1) is 0 Å². The van der Waals surface area contributed by atoms with Crippen LogP contribution in [0.3, 0.4) is 0 Å². The highest BCUT2D eigenvalue weighted by molar-refractivity contribution is 5.67. The van der Waals surface area contributed by atoms with Crippen LogP contribution in [0, 0.1) is 5.92 Å². The monoisotopic (exact) mass is 258 g/mol. The van der Waals surface area contributed by atoms with Gasteiger partial charge < -0.3 is 15.4 Å². The summed E-state index contributed by atoms with van der Waals surface area (Å²) in [5.74, 6) is 0.647. The van der Waals surface area contributed by atoms with Crippen LogP contribution < -0.4 is 10.6 Å². The second-order valence-electron chi connectivity index (χ2n) is 6.00. The Morgan fingerprint density at radius 2 is 1.83 bits per heavy atom. The molecule has 0 rings (SSSR count). The number of carbonyl (C=O) groups excluding carboxylic acids is 1. The molecule has 108 valence electrons. The van der Waals surface area contributed by atoms with E-state index in [9.17, 15) is 4.79 Å². The van der Waals surface area contributed by atoms with Crippen LogP contribution in [0.5, 0.6) is 0 Å². The van der Waals surface area contributed by atoms with Crippen molar-refractivity contribution in [1.82, 2.24) is 10.6 Å². The molecular formula is C14H30N2O2. The number of carbonyl (C=O) groups is 1. The van der Waals surface area contributed by atoms with Crippen molar-refractivity contribution in [2.45, 2.75) is 66.0 Å². The topological polar surface area (TPSA) is 50.4 Å². The Hall–Kier alpha value is -0.770. The third-order valence-electron chi connectivity index (χ3n) is 2.67. The van der Waals surface area contributed by atoms with Gasteiger partial charge in [0, 0.05) is 12.6 Å². The maximum absolute atomic E-state index is 11.4. The van der Waals surface area contributed by atoms with E-state index in [1.807, 2.05) is 20.8 Å². The molecule has 0 aliphatic rings. The van der Waals surface area contributed by atoms with Crippen LogP contribution in [-0.2, 0) is 4.74 Å². The molecule has 4 nitrogen and oxygen atoms in total. The molecule has 0 aromatic carbocycles. The zero-order valence-corrected chi connectivity index (χ0v) is 12.8. The molecule has 0 aliphatic carbocycles. The number of ether oxygens (including phenoxy) is 1. The third-order valence-corrected chi connectivity index (χ3v) is 2.67. The first-order valence-corrected chi connectivity index (χ1v) is 6.96. The van der Waals surface area contributed by atoms with Gasteiger partial charge in [-0.25, -0.2) is 4.79 Å². The third kappa shape index (κ3) is 9.28. The quantitative estimate of drug-likeness (QED) is 0.690. The summed E-state index contributed by atoms with van der Waals surface area (Å²) in [5.41, 5.74) is -0.423. The highest BCUT2D eigenvalue weighted by Crippen LogP contribution is 2.06. The predicted molar refractivity (Wildman–Crippen MR) is 75.8 cm³/mol. The Bertz CT molecular complexity index is 234. The Balaban J connectivity index is 3.59. The fourth-order valence-corrected chi connectivity index (χ4v) is 1.73. The van der Waals surface area contributed by atoms with E-state index < -0.39 is 5.60 Å². The Kier molecular flexibility index (Phi) is 8.00. The van der Waals surface area contributed by atoms with Crippen molar-refractivity contribution < 1.29 is 9.53 Å². The van der Waals surface area contributed by atoms with Gasteiger partial charge in [-0.05, 0) is 46.1 Å². The Morgan fingerprint density at radius 3 is 2.28 bits per heavy atom. The summed E-state index contributed by atoms with van der Waals surface area (Å²) in [6.45, 7) is 13.8. The lowest BCUT2D eigenvalue weighted by Gasteiger charge is -2.21. The van der Waals surface area contributed by atoms with Gasteiger partial charge in [0.25, 0.3) is 0 Å². The molecule has 1 atom stereocenters. The summed E-state index contributed by atoms with van der Waals surface area (Å²) in [4.78, 5) is 11.4. The average Bonchev–Trinajstić information content (AvgIpc) is 2.20. The van der Waals surface area contributed by atoms with Crippen molar-refractivity contribution in [3.63, 3.8) is 0 Å². The first-order valence-electron chi connectivity index (χ1n) is 6.96. The summed E-state index contributed by atoms with van der Waals surface area (Å²) in [5, 5.41) is 6.26. The molecule has 0 bridgehead atoms. The number of nitrogens with one attached hydrogen (secondary N) is 2. The van der Waals surface area contributed by atoms with Crippen LogP contribution >= 0.6 is 0 Å². The number of amides is 1. The number of rotatable bonds is 7. The summed E-state index contributed by atoms with van der Waals surface area (Å²) >= 11 is 0. The van der Waals surface area contributed by atoms with Gasteiger partial charge in [-0.2, -0.15) is 0 Å².